The second kappa shape index (κ2) is 8.52. The van der Waals surface area contributed by atoms with E-state index in [0.29, 0.717) is 11.6 Å². The van der Waals surface area contributed by atoms with Crippen molar-refractivity contribution in [1.82, 2.24) is 9.97 Å². The zero-order valence-corrected chi connectivity index (χ0v) is 20.1. The third kappa shape index (κ3) is 4.00. The van der Waals surface area contributed by atoms with E-state index in [-0.39, 0.29) is 5.56 Å². The number of halogens is 4. The highest BCUT2D eigenvalue weighted by Gasteiger charge is 2.52. The van der Waals surface area contributed by atoms with E-state index in [2.05, 4.69) is 31.2 Å². The minimum absolute atomic E-state index is 0.00874. The Labute approximate surface area is 198 Å². The number of nitrogens with zero attached hydrogens (tertiary/aromatic N) is 2. The lowest BCUT2D eigenvalue weighted by Crippen LogP contribution is -2.47. The molecule has 0 saturated carbocycles. The summed E-state index contributed by atoms with van der Waals surface area (Å²) < 4.78 is 45.8. The van der Waals surface area contributed by atoms with E-state index < -0.39 is 35.6 Å². The molecule has 2 aromatic carbocycles. The molecule has 0 spiro atoms. The normalized spacial score (nSPS) is 16.5. The minimum Gasteiger partial charge on any atom is -0.393 e. The van der Waals surface area contributed by atoms with Crippen LogP contribution >= 0.6 is 15.9 Å². The van der Waals surface area contributed by atoms with Gasteiger partial charge in [-0.25, -0.2) is 14.4 Å². The summed E-state index contributed by atoms with van der Waals surface area (Å²) >= 11 is 3.63. The van der Waals surface area contributed by atoms with Crippen molar-refractivity contribution in [3.8, 4) is 0 Å². The van der Waals surface area contributed by atoms with E-state index in [1.165, 1.54) is 23.3 Å². The van der Waals surface area contributed by atoms with Crippen LogP contribution in [-0.2, 0) is 18.8 Å². The number of alkyl halides is 2. The van der Waals surface area contributed by atoms with Gasteiger partial charge >= 0.3 is 5.92 Å². The smallest absolute Gasteiger partial charge is 0.306 e. The van der Waals surface area contributed by atoms with Gasteiger partial charge in [0.05, 0.1) is 23.7 Å². The maximum atomic E-state index is 15.3. The van der Waals surface area contributed by atoms with Crippen LogP contribution in [0.2, 0.25) is 0 Å². The highest BCUT2D eigenvalue weighted by Crippen LogP contribution is 2.42. The standard InChI is InChI=1S/C24H25BrF3N3O2/c1-12(14-6-5-9-18(20(14)26)24(27,28)23(3,33)11-32)29-22-17-10-19(25)15-7-4-8-16(15)21(17)30-13(2)31-22/h5-6,9-10,12,32-33H,4,7-8,11H2,1-3H3,(H,29,30,31)/t12-,23-/m1/s1. The molecule has 0 radical (unpaired) electrons. The summed E-state index contributed by atoms with van der Waals surface area (Å²) in [4.78, 5) is 9.13. The molecular weight excluding hydrogens is 499 g/mol. The van der Waals surface area contributed by atoms with Crippen molar-refractivity contribution < 1.29 is 23.4 Å². The number of hydrogen-bond acceptors (Lipinski definition) is 5. The molecule has 4 rings (SSSR count). The SMILES string of the molecule is Cc1nc(N[C@H](C)c2cccc(C(F)(F)[C@](C)(O)CO)c2F)c2cc(Br)c3c(c2n1)CCC3. The molecule has 0 saturated heterocycles. The van der Waals surface area contributed by atoms with Gasteiger partial charge in [0.1, 0.15) is 17.5 Å². The van der Waals surface area contributed by atoms with Gasteiger partial charge in [0.2, 0.25) is 0 Å². The summed E-state index contributed by atoms with van der Waals surface area (Å²) in [7, 11) is 0. The lowest BCUT2D eigenvalue weighted by Gasteiger charge is -2.32. The van der Waals surface area contributed by atoms with Crippen LogP contribution < -0.4 is 5.32 Å². The molecule has 1 aliphatic rings. The van der Waals surface area contributed by atoms with Crippen LogP contribution in [0.5, 0.6) is 0 Å². The maximum absolute atomic E-state index is 15.3. The highest BCUT2D eigenvalue weighted by molar-refractivity contribution is 9.10. The largest absolute Gasteiger partial charge is 0.393 e. The molecule has 2 atom stereocenters. The molecule has 3 N–H and O–H groups in total. The van der Waals surface area contributed by atoms with Crippen molar-refractivity contribution in [3.63, 3.8) is 0 Å². The van der Waals surface area contributed by atoms with Gasteiger partial charge < -0.3 is 15.5 Å². The topological polar surface area (TPSA) is 78.3 Å². The number of aromatic nitrogens is 2. The molecule has 5 nitrogen and oxygen atoms in total. The summed E-state index contributed by atoms with van der Waals surface area (Å²) in [6, 6.07) is 4.85. The number of hydrogen-bond donors (Lipinski definition) is 3. The molecular formula is C24H25BrF3N3O2. The van der Waals surface area contributed by atoms with Crippen LogP contribution in [0.4, 0.5) is 19.0 Å². The predicted molar refractivity (Wildman–Crippen MR) is 124 cm³/mol. The summed E-state index contributed by atoms with van der Waals surface area (Å²) in [6.45, 7) is 2.98. The fourth-order valence-corrected chi connectivity index (χ4v) is 5.01. The Bertz CT molecular complexity index is 1230. The first-order valence-electron chi connectivity index (χ1n) is 10.7. The fraction of sp³-hybridized carbons (Fsp3) is 0.417. The lowest BCUT2D eigenvalue weighted by molar-refractivity contribution is -0.197. The Morgan fingerprint density at radius 3 is 2.61 bits per heavy atom. The van der Waals surface area contributed by atoms with Crippen LogP contribution in [0.15, 0.2) is 28.7 Å². The highest BCUT2D eigenvalue weighted by atomic mass is 79.9. The van der Waals surface area contributed by atoms with Gasteiger partial charge in [0, 0.05) is 15.4 Å². The average Bonchev–Trinajstić information content (AvgIpc) is 3.25. The number of nitrogens with one attached hydrogen (secondary N) is 1. The molecule has 3 aromatic rings. The van der Waals surface area contributed by atoms with Gasteiger partial charge in [-0.3, -0.25) is 0 Å². The predicted octanol–water partition coefficient (Wildman–Crippen LogP) is 5.34. The van der Waals surface area contributed by atoms with Gasteiger partial charge in [0.15, 0.2) is 5.60 Å². The number of fused-ring (bicyclic) bond motifs is 3. The lowest BCUT2D eigenvalue weighted by atomic mass is 9.90. The monoisotopic (exact) mass is 523 g/mol. The van der Waals surface area contributed by atoms with Gasteiger partial charge in [-0.2, -0.15) is 8.78 Å². The van der Waals surface area contributed by atoms with Gasteiger partial charge in [-0.1, -0.05) is 28.1 Å². The zero-order valence-electron chi connectivity index (χ0n) is 18.5. The summed E-state index contributed by atoms with van der Waals surface area (Å²) in [5, 5.41) is 23.1. The molecule has 0 amide bonds. The van der Waals surface area contributed by atoms with E-state index in [9.17, 15) is 19.0 Å². The van der Waals surface area contributed by atoms with Crippen LogP contribution in [0.3, 0.4) is 0 Å². The first-order chi connectivity index (χ1) is 15.5. The molecule has 1 aromatic heterocycles. The van der Waals surface area contributed by atoms with E-state index in [0.717, 1.165) is 47.6 Å². The molecule has 176 valence electrons. The summed E-state index contributed by atoms with van der Waals surface area (Å²) in [5.74, 6) is -4.10. The Morgan fingerprint density at radius 1 is 1.21 bits per heavy atom. The minimum atomic E-state index is -3.99. The van der Waals surface area contributed by atoms with E-state index in [1.54, 1.807) is 13.8 Å². The van der Waals surface area contributed by atoms with Crippen LogP contribution in [0.1, 0.15) is 54.4 Å². The molecule has 33 heavy (non-hydrogen) atoms. The van der Waals surface area contributed by atoms with Crippen LogP contribution in [0.25, 0.3) is 10.9 Å². The molecule has 0 fully saturated rings. The third-order valence-corrected chi connectivity index (χ3v) is 7.00. The number of aliphatic hydroxyl groups excluding tert-OH is 1. The van der Waals surface area contributed by atoms with Gasteiger partial charge in [0.25, 0.3) is 0 Å². The van der Waals surface area contributed by atoms with Crippen molar-refractivity contribution in [3.05, 3.63) is 62.6 Å². The van der Waals surface area contributed by atoms with Crippen LogP contribution in [0, 0.1) is 12.7 Å². The number of anilines is 1. The number of aryl methyl sites for hydroxylation is 2. The Morgan fingerprint density at radius 2 is 1.91 bits per heavy atom. The van der Waals surface area contributed by atoms with E-state index in [1.807, 2.05) is 6.07 Å². The molecule has 1 heterocycles. The quantitative estimate of drug-likeness (QED) is 0.406. The summed E-state index contributed by atoms with van der Waals surface area (Å²) in [5.41, 5.74) is -0.554. The number of rotatable bonds is 6. The Kier molecular flexibility index (Phi) is 6.18. The van der Waals surface area contributed by atoms with Gasteiger partial charge in [-0.05, 0) is 63.3 Å². The summed E-state index contributed by atoms with van der Waals surface area (Å²) in [6.07, 6.45) is 2.92. The second-order valence-electron chi connectivity index (χ2n) is 8.77. The van der Waals surface area contributed by atoms with Crippen LogP contribution in [-0.4, -0.2) is 32.4 Å². The van der Waals surface area contributed by atoms with E-state index in [4.69, 9.17) is 0 Å². The first kappa shape index (κ1) is 23.9. The van der Waals surface area contributed by atoms with Gasteiger partial charge in [-0.15, -0.1) is 0 Å². The first-order valence-corrected chi connectivity index (χ1v) is 11.5. The maximum Gasteiger partial charge on any atom is 0.306 e. The molecule has 0 unspecified atom stereocenters. The molecule has 0 bridgehead atoms. The fourth-order valence-electron chi connectivity index (χ4n) is 4.34. The van der Waals surface area contributed by atoms with Crippen molar-refractivity contribution in [2.45, 2.75) is 57.6 Å². The van der Waals surface area contributed by atoms with E-state index >= 15 is 4.39 Å². The average molecular weight is 524 g/mol. The Balaban J connectivity index is 1.76. The third-order valence-electron chi connectivity index (χ3n) is 6.29. The van der Waals surface area contributed by atoms with Crippen molar-refractivity contribution in [2.24, 2.45) is 0 Å². The number of benzene rings is 2. The van der Waals surface area contributed by atoms with Crippen molar-refractivity contribution in [1.29, 1.82) is 0 Å². The molecule has 1 aliphatic carbocycles. The zero-order chi connectivity index (χ0) is 24.1. The number of aliphatic hydroxyl groups is 2. The Hall–Kier alpha value is -2.23. The molecule has 9 heteroatoms. The van der Waals surface area contributed by atoms with Crippen molar-refractivity contribution in [2.75, 3.05) is 11.9 Å². The molecule has 0 aliphatic heterocycles. The second-order valence-corrected chi connectivity index (χ2v) is 9.62. The van der Waals surface area contributed by atoms with Crippen molar-refractivity contribution >= 4 is 32.7 Å².